The van der Waals surface area contributed by atoms with Gasteiger partial charge in [0, 0.05) is 0 Å². The molecule has 0 radical (unpaired) electrons. The molecule has 7 heteroatoms. The van der Waals surface area contributed by atoms with Gasteiger partial charge in [-0.25, -0.2) is 8.42 Å². The second-order valence-corrected chi connectivity index (χ2v) is 8.22. The predicted molar refractivity (Wildman–Crippen MR) is 85.2 cm³/mol. The van der Waals surface area contributed by atoms with Crippen molar-refractivity contribution in [2.24, 2.45) is 11.5 Å². The lowest BCUT2D eigenvalue weighted by Crippen LogP contribution is -2.52. The molecule has 0 aliphatic rings. The summed E-state index contributed by atoms with van der Waals surface area (Å²) in [6.45, 7) is 4.02. The number of rotatable bonds is 12. The molecule has 0 aromatic heterocycles. The fraction of sp³-hybridized carbons (Fsp3) is 1.00. The lowest BCUT2D eigenvalue weighted by Gasteiger charge is -2.27. The Morgan fingerprint density at radius 2 is 1.14 bits per heavy atom. The van der Waals surface area contributed by atoms with Gasteiger partial charge in [0.25, 0.3) is 0 Å². The van der Waals surface area contributed by atoms with E-state index >= 15 is 0 Å². The number of nitrogens with two attached hydrogens (primary N) is 2. The minimum Gasteiger partial charge on any atom is -0.375 e. The Bertz CT molecular complexity index is 350. The Kier molecular flexibility index (Phi) is 8.96. The Morgan fingerprint density at radius 3 is 1.43 bits per heavy atom. The number of aliphatic hydroxyl groups is 2. The monoisotopic (exact) mass is 324 g/mol. The zero-order chi connectivity index (χ0) is 16.6. The van der Waals surface area contributed by atoms with Gasteiger partial charge in [-0.15, -0.1) is 0 Å². The summed E-state index contributed by atoms with van der Waals surface area (Å²) in [5.74, 6) is -1.14. The molecule has 21 heavy (non-hydrogen) atoms. The Balaban J connectivity index is 4.46. The lowest BCUT2D eigenvalue weighted by atomic mass is 10.1. The largest absolute Gasteiger partial charge is 0.375 e. The SMILES string of the molecule is CCCCCC(N)(O)CS(=O)(=O)CC(N)(O)CCCCC. The highest BCUT2D eigenvalue weighted by atomic mass is 32.2. The van der Waals surface area contributed by atoms with E-state index in [4.69, 9.17) is 11.5 Å². The minimum atomic E-state index is -3.72. The maximum atomic E-state index is 12.0. The van der Waals surface area contributed by atoms with Crippen molar-refractivity contribution in [1.29, 1.82) is 0 Å². The van der Waals surface area contributed by atoms with Gasteiger partial charge in [0.1, 0.15) is 11.4 Å². The molecule has 0 saturated heterocycles. The quantitative estimate of drug-likeness (QED) is 0.311. The van der Waals surface area contributed by atoms with Crippen molar-refractivity contribution in [3.8, 4) is 0 Å². The fourth-order valence-electron chi connectivity index (χ4n) is 2.32. The van der Waals surface area contributed by atoms with Crippen LogP contribution in [0.15, 0.2) is 0 Å². The molecule has 6 N–H and O–H groups in total. The molecule has 0 aliphatic heterocycles. The standard InChI is InChI=1S/C14H32N2O4S/c1-3-5-7-9-13(15,17)11-21(19,20)12-14(16,18)10-8-6-4-2/h17-18H,3-12,15-16H2,1-2H3. The van der Waals surface area contributed by atoms with Gasteiger partial charge in [-0.05, 0) is 25.7 Å². The van der Waals surface area contributed by atoms with Crippen molar-refractivity contribution in [3.63, 3.8) is 0 Å². The van der Waals surface area contributed by atoms with Gasteiger partial charge in [0.15, 0.2) is 9.84 Å². The van der Waals surface area contributed by atoms with Crippen LogP contribution in [0.2, 0.25) is 0 Å². The number of unbranched alkanes of at least 4 members (excludes halogenated alkanes) is 4. The highest BCUT2D eigenvalue weighted by molar-refractivity contribution is 7.91. The van der Waals surface area contributed by atoms with Crippen LogP contribution < -0.4 is 11.5 Å². The molecule has 0 aliphatic carbocycles. The normalized spacial score (nSPS) is 18.2. The van der Waals surface area contributed by atoms with Crippen molar-refractivity contribution in [2.45, 2.75) is 76.7 Å². The molecular weight excluding hydrogens is 292 g/mol. The molecule has 0 aromatic rings. The molecule has 128 valence electrons. The predicted octanol–water partition coefficient (Wildman–Crippen LogP) is 0.856. The van der Waals surface area contributed by atoms with E-state index in [1.807, 2.05) is 13.8 Å². The van der Waals surface area contributed by atoms with Crippen LogP contribution in [-0.2, 0) is 9.84 Å². The van der Waals surface area contributed by atoms with Gasteiger partial charge in [0.2, 0.25) is 0 Å². The molecular formula is C14H32N2O4S. The summed E-state index contributed by atoms with van der Waals surface area (Å²) >= 11 is 0. The zero-order valence-corrected chi connectivity index (χ0v) is 14.2. The van der Waals surface area contributed by atoms with Crippen LogP contribution in [0.5, 0.6) is 0 Å². The molecule has 0 amide bonds. The van der Waals surface area contributed by atoms with Gasteiger partial charge in [-0.3, -0.25) is 0 Å². The molecule has 0 saturated carbocycles. The van der Waals surface area contributed by atoms with E-state index in [0.717, 1.165) is 25.7 Å². The van der Waals surface area contributed by atoms with Crippen molar-refractivity contribution < 1.29 is 18.6 Å². The molecule has 2 unspecified atom stereocenters. The maximum absolute atomic E-state index is 12.0. The van der Waals surface area contributed by atoms with Crippen LogP contribution in [0.4, 0.5) is 0 Å². The molecule has 6 nitrogen and oxygen atoms in total. The Morgan fingerprint density at radius 1 is 0.810 bits per heavy atom. The molecule has 0 bridgehead atoms. The maximum Gasteiger partial charge on any atom is 0.158 e. The van der Waals surface area contributed by atoms with Crippen LogP contribution in [0, 0.1) is 0 Å². The van der Waals surface area contributed by atoms with Gasteiger partial charge in [0.05, 0.1) is 11.5 Å². The van der Waals surface area contributed by atoms with Crippen molar-refractivity contribution in [3.05, 3.63) is 0 Å². The molecule has 0 spiro atoms. The van der Waals surface area contributed by atoms with Gasteiger partial charge in [-0.2, -0.15) is 0 Å². The van der Waals surface area contributed by atoms with E-state index in [-0.39, 0.29) is 12.8 Å². The highest BCUT2D eigenvalue weighted by Crippen LogP contribution is 2.17. The highest BCUT2D eigenvalue weighted by Gasteiger charge is 2.34. The van der Waals surface area contributed by atoms with E-state index in [0.29, 0.717) is 12.8 Å². The molecule has 2 atom stereocenters. The average Bonchev–Trinajstić information content (AvgIpc) is 2.25. The third-order valence-electron chi connectivity index (χ3n) is 3.37. The summed E-state index contributed by atoms with van der Waals surface area (Å²) in [7, 11) is -3.72. The van der Waals surface area contributed by atoms with Gasteiger partial charge in [-0.1, -0.05) is 39.5 Å². The second-order valence-electron chi connectivity index (χ2n) is 6.15. The number of sulfone groups is 1. The Hall–Kier alpha value is -0.210. The summed E-state index contributed by atoms with van der Waals surface area (Å²) in [5.41, 5.74) is 7.76. The smallest absolute Gasteiger partial charge is 0.158 e. The summed E-state index contributed by atoms with van der Waals surface area (Å²) < 4.78 is 24.1. The van der Waals surface area contributed by atoms with Crippen LogP contribution in [0.3, 0.4) is 0 Å². The van der Waals surface area contributed by atoms with E-state index in [2.05, 4.69) is 0 Å². The first-order valence-corrected chi connectivity index (χ1v) is 9.59. The van der Waals surface area contributed by atoms with Crippen LogP contribution >= 0.6 is 0 Å². The molecule has 0 rings (SSSR count). The Labute approximate surface area is 128 Å². The second kappa shape index (κ2) is 9.05. The fourth-order valence-corrected chi connectivity index (χ4v) is 4.23. The lowest BCUT2D eigenvalue weighted by molar-refractivity contribution is 0.0516. The first-order chi connectivity index (χ1) is 9.54. The minimum absolute atomic E-state index is 0.221. The van der Waals surface area contributed by atoms with Crippen LogP contribution in [0.25, 0.3) is 0 Å². The summed E-state index contributed by atoms with van der Waals surface area (Å²) in [6, 6.07) is 0. The molecule has 0 aromatic carbocycles. The average molecular weight is 324 g/mol. The topological polar surface area (TPSA) is 127 Å². The number of hydrogen-bond donors (Lipinski definition) is 4. The van der Waals surface area contributed by atoms with Gasteiger partial charge >= 0.3 is 0 Å². The molecule has 0 heterocycles. The van der Waals surface area contributed by atoms with Crippen molar-refractivity contribution >= 4 is 9.84 Å². The van der Waals surface area contributed by atoms with E-state index < -0.39 is 32.8 Å². The van der Waals surface area contributed by atoms with Crippen LogP contribution in [0.1, 0.15) is 65.2 Å². The van der Waals surface area contributed by atoms with Gasteiger partial charge < -0.3 is 21.7 Å². The van der Waals surface area contributed by atoms with E-state index in [9.17, 15) is 18.6 Å². The van der Waals surface area contributed by atoms with Crippen molar-refractivity contribution in [1.82, 2.24) is 0 Å². The van der Waals surface area contributed by atoms with Crippen LogP contribution in [-0.4, -0.2) is 41.6 Å². The first-order valence-electron chi connectivity index (χ1n) is 7.76. The summed E-state index contributed by atoms with van der Waals surface area (Å²) in [5, 5.41) is 19.9. The van der Waals surface area contributed by atoms with E-state index in [1.54, 1.807) is 0 Å². The third-order valence-corrected chi connectivity index (χ3v) is 5.25. The first kappa shape index (κ1) is 20.8. The number of hydrogen-bond acceptors (Lipinski definition) is 6. The van der Waals surface area contributed by atoms with Crippen molar-refractivity contribution in [2.75, 3.05) is 11.5 Å². The molecule has 0 fully saturated rings. The van der Waals surface area contributed by atoms with E-state index in [1.165, 1.54) is 0 Å². The summed E-state index contributed by atoms with van der Waals surface area (Å²) in [6.07, 6.45) is 5.48. The summed E-state index contributed by atoms with van der Waals surface area (Å²) in [4.78, 5) is 0. The third kappa shape index (κ3) is 11.1. The zero-order valence-electron chi connectivity index (χ0n) is 13.3.